The lowest BCUT2D eigenvalue weighted by Crippen LogP contribution is -2.57. The summed E-state index contributed by atoms with van der Waals surface area (Å²) in [5.41, 5.74) is 0.748. The van der Waals surface area contributed by atoms with E-state index in [4.69, 9.17) is 9.47 Å². The summed E-state index contributed by atoms with van der Waals surface area (Å²) in [4.78, 5) is 11.8. The summed E-state index contributed by atoms with van der Waals surface area (Å²) in [5, 5.41) is 12.8. The van der Waals surface area contributed by atoms with Crippen LogP contribution in [0.15, 0.2) is 0 Å². The molecule has 0 aromatic carbocycles. The molecule has 2 N–H and O–H groups in total. The number of aliphatic hydroxyl groups excluding tert-OH is 1. The van der Waals surface area contributed by atoms with Crippen LogP contribution >= 0.6 is 0 Å². The van der Waals surface area contributed by atoms with Crippen molar-refractivity contribution in [3.8, 4) is 0 Å². The molecular weight excluding hydrogens is 390 g/mol. The van der Waals surface area contributed by atoms with Gasteiger partial charge in [-0.2, -0.15) is 0 Å². The van der Waals surface area contributed by atoms with Gasteiger partial charge >= 0.3 is 5.97 Å². The van der Waals surface area contributed by atoms with Gasteiger partial charge in [0.25, 0.3) is 0 Å². The number of esters is 1. The van der Waals surface area contributed by atoms with Crippen LogP contribution in [-0.2, 0) is 14.3 Å². The molecule has 0 radical (unpaired) electrons. The van der Waals surface area contributed by atoms with Crippen molar-refractivity contribution in [1.82, 2.24) is 5.32 Å². The first-order valence-corrected chi connectivity index (χ1v) is 13.0. The van der Waals surface area contributed by atoms with E-state index >= 15 is 0 Å². The van der Waals surface area contributed by atoms with E-state index in [-0.39, 0.29) is 18.7 Å². The number of hydrogen-bond donors (Lipinski definition) is 2. The van der Waals surface area contributed by atoms with Gasteiger partial charge in [0.1, 0.15) is 0 Å². The van der Waals surface area contributed by atoms with Gasteiger partial charge in [-0.1, -0.05) is 13.8 Å². The molecule has 3 unspecified atom stereocenters. The molecule has 0 bridgehead atoms. The fourth-order valence-corrected chi connectivity index (χ4v) is 9.44. The summed E-state index contributed by atoms with van der Waals surface area (Å²) in [5.74, 6) is 3.76. The van der Waals surface area contributed by atoms with E-state index < -0.39 is 0 Å². The van der Waals surface area contributed by atoms with Crippen molar-refractivity contribution in [3.63, 3.8) is 0 Å². The molecule has 176 valence electrons. The van der Waals surface area contributed by atoms with E-state index in [1.54, 1.807) is 0 Å². The van der Waals surface area contributed by atoms with Crippen molar-refractivity contribution in [2.75, 3.05) is 20.3 Å². The monoisotopic (exact) mass is 433 g/mol. The Morgan fingerprint density at radius 1 is 1.10 bits per heavy atom. The Hall–Kier alpha value is -0.650. The molecule has 1 saturated heterocycles. The normalized spacial score (nSPS) is 50.5. The zero-order valence-corrected chi connectivity index (χ0v) is 19.8. The van der Waals surface area contributed by atoms with E-state index in [1.807, 2.05) is 0 Å². The summed E-state index contributed by atoms with van der Waals surface area (Å²) < 4.78 is 11.7. The van der Waals surface area contributed by atoms with Gasteiger partial charge < -0.3 is 19.9 Å². The van der Waals surface area contributed by atoms with Crippen LogP contribution in [0.25, 0.3) is 0 Å². The van der Waals surface area contributed by atoms with Gasteiger partial charge in [-0.05, 0) is 92.8 Å². The molecule has 1 heterocycles. The summed E-state index contributed by atoms with van der Waals surface area (Å²) in [6.07, 6.45) is 12.4. The van der Waals surface area contributed by atoms with Crippen LogP contribution in [0.4, 0.5) is 0 Å². The van der Waals surface area contributed by atoms with Crippen molar-refractivity contribution in [2.24, 2.45) is 40.4 Å². The van der Waals surface area contributed by atoms with Crippen molar-refractivity contribution >= 4 is 5.97 Å². The second-order valence-electron chi connectivity index (χ2n) is 11.9. The number of carbonyl (C=O) groups excluding carboxylic acids is 1. The third kappa shape index (κ3) is 3.40. The highest BCUT2D eigenvalue weighted by Crippen LogP contribution is 2.70. The van der Waals surface area contributed by atoms with Gasteiger partial charge in [0.15, 0.2) is 0 Å². The first kappa shape index (κ1) is 22.2. The molecule has 0 aromatic rings. The molecule has 0 spiro atoms. The molecule has 0 aromatic heterocycles. The maximum atomic E-state index is 11.8. The molecule has 5 heteroatoms. The number of carbonyl (C=O) groups is 1. The smallest absolute Gasteiger partial charge is 0.305 e. The maximum Gasteiger partial charge on any atom is 0.305 e. The average molecular weight is 434 g/mol. The topological polar surface area (TPSA) is 67.8 Å². The molecule has 1 aliphatic heterocycles. The lowest BCUT2D eigenvalue weighted by Gasteiger charge is -2.61. The SMILES string of the molecule is COC(=O)CC[C@H]1O[C@H]2CC3C(CC[C@@H]4C[C@@H](NCCO)CC[C@]34C)C3CC[C@H]1[C@]32C. The van der Waals surface area contributed by atoms with Crippen LogP contribution in [0, 0.1) is 40.4 Å². The quantitative estimate of drug-likeness (QED) is 0.622. The fourth-order valence-electron chi connectivity index (χ4n) is 9.44. The second-order valence-corrected chi connectivity index (χ2v) is 11.9. The largest absolute Gasteiger partial charge is 0.469 e. The number of hydrogen-bond acceptors (Lipinski definition) is 5. The van der Waals surface area contributed by atoms with Crippen LogP contribution in [0.5, 0.6) is 0 Å². The van der Waals surface area contributed by atoms with Gasteiger partial charge in [-0.25, -0.2) is 0 Å². The summed E-state index contributed by atoms with van der Waals surface area (Å²) in [6.45, 7) is 6.11. The van der Waals surface area contributed by atoms with Crippen LogP contribution in [0.3, 0.4) is 0 Å². The Labute approximate surface area is 188 Å². The number of aliphatic hydroxyl groups is 1. The molecule has 4 saturated carbocycles. The molecule has 31 heavy (non-hydrogen) atoms. The van der Waals surface area contributed by atoms with Gasteiger partial charge in [0.2, 0.25) is 0 Å². The Bertz CT molecular complexity index is 684. The standard InChI is InChI=1S/C26H43NO4/c1-25-11-10-17(27-12-13-28)14-16(25)4-5-18-19-6-7-20-22(8-9-24(29)30-3)31-23(15-21(18)25)26(19,20)2/h16-23,27-28H,4-15H2,1-3H3/t16-,17+,18?,19?,20-,21?,22-,23+,25+,26+/m1/s1. The van der Waals surface area contributed by atoms with E-state index in [9.17, 15) is 9.90 Å². The second kappa shape index (κ2) is 8.29. The van der Waals surface area contributed by atoms with E-state index in [0.717, 1.165) is 36.6 Å². The summed E-state index contributed by atoms with van der Waals surface area (Å²) in [6, 6.07) is 0.580. The Morgan fingerprint density at radius 3 is 2.68 bits per heavy atom. The highest BCUT2D eigenvalue weighted by molar-refractivity contribution is 5.69. The third-order valence-corrected chi connectivity index (χ3v) is 11.0. The third-order valence-electron chi connectivity index (χ3n) is 11.0. The van der Waals surface area contributed by atoms with Crippen LogP contribution in [0.1, 0.15) is 78.1 Å². The number of rotatable bonds is 6. The maximum absolute atomic E-state index is 11.8. The molecule has 5 rings (SSSR count). The van der Waals surface area contributed by atoms with Crippen LogP contribution in [-0.4, -0.2) is 49.6 Å². The molecule has 10 atom stereocenters. The minimum atomic E-state index is -0.103. The highest BCUT2D eigenvalue weighted by atomic mass is 16.5. The van der Waals surface area contributed by atoms with Gasteiger partial charge in [0.05, 0.1) is 25.9 Å². The number of ether oxygens (including phenoxy) is 2. The highest BCUT2D eigenvalue weighted by Gasteiger charge is 2.67. The predicted octanol–water partition coefficient (Wildman–Crippen LogP) is 3.93. The zero-order valence-electron chi connectivity index (χ0n) is 19.8. The number of methoxy groups -OCH3 is 1. The lowest BCUT2D eigenvalue weighted by atomic mass is 9.44. The lowest BCUT2D eigenvalue weighted by molar-refractivity contribution is -0.150. The van der Waals surface area contributed by atoms with Gasteiger partial charge in [0, 0.05) is 24.4 Å². The summed E-state index contributed by atoms with van der Waals surface area (Å²) in [7, 11) is 1.49. The van der Waals surface area contributed by atoms with Crippen molar-refractivity contribution in [1.29, 1.82) is 0 Å². The zero-order chi connectivity index (χ0) is 21.8. The Kier molecular flexibility index (Phi) is 5.92. The number of nitrogens with one attached hydrogen (secondary N) is 1. The molecule has 5 aliphatic rings. The minimum Gasteiger partial charge on any atom is -0.469 e. The molecular formula is C26H43NO4. The first-order chi connectivity index (χ1) is 14.9. The molecule has 4 aliphatic carbocycles. The number of fused-ring (bicyclic) bond motifs is 4. The average Bonchev–Trinajstić information content (AvgIpc) is 3.26. The summed E-state index contributed by atoms with van der Waals surface area (Å²) >= 11 is 0. The molecule has 5 fully saturated rings. The molecule has 0 amide bonds. The van der Waals surface area contributed by atoms with E-state index in [0.29, 0.717) is 35.3 Å². The van der Waals surface area contributed by atoms with E-state index in [2.05, 4.69) is 19.2 Å². The van der Waals surface area contributed by atoms with Crippen LogP contribution in [0.2, 0.25) is 0 Å². The fraction of sp³-hybridized carbons (Fsp3) is 0.962. The predicted molar refractivity (Wildman–Crippen MR) is 119 cm³/mol. The van der Waals surface area contributed by atoms with Crippen LogP contribution < -0.4 is 5.32 Å². The Morgan fingerprint density at radius 2 is 1.90 bits per heavy atom. The van der Waals surface area contributed by atoms with Gasteiger partial charge in [-0.15, -0.1) is 0 Å². The first-order valence-electron chi connectivity index (χ1n) is 13.0. The van der Waals surface area contributed by atoms with Gasteiger partial charge in [-0.3, -0.25) is 4.79 Å². The minimum absolute atomic E-state index is 0.103. The van der Waals surface area contributed by atoms with Crippen molar-refractivity contribution < 1.29 is 19.4 Å². The van der Waals surface area contributed by atoms with Crippen molar-refractivity contribution in [3.05, 3.63) is 0 Å². The van der Waals surface area contributed by atoms with E-state index in [1.165, 1.54) is 58.5 Å². The molecule has 5 nitrogen and oxygen atoms in total. The van der Waals surface area contributed by atoms with Crippen molar-refractivity contribution in [2.45, 2.75) is 96.3 Å². The Balaban J connectivity index is 1.33.